The van der Waals surface area contributed by atoms with E-state index in [1.165, 1.54) is 205 Å². The normalized spacial score (nSPS) is 12.2. The van der Waals surface area contributed by atoms with Crippen LogP contribution >= 0.6 is 0 Å². The zero-order chi connectivity index (χ0) is 47.2. The van der Waals surface area contributed by atoms with Gasteiger partial charge in [0.2, 0.25) is 0 Å². The van der Waals surface area contributed by atoms with E-state index in [1.807, 2.05) is 0 Å². The number of esters is 3. The van der Waals surface area contributed by atoms with Crippen LogP contribution in [0.1, 0.15) is 303 Å². The molecule has 0 fully saturated rings. The Kier molecular flexibility index (Phi) is 52.3. The summed E-state index contributed by atoms with van der Waals surface area (Å²) in [6.45, 7) is 6.63. The Bertz CT molecular complexity index is 1090. The maximum Gasteiger partial charge on any atom is 0.306 e. The maximum absolute atomic E-state index is 12.8. The first-order chi connectivity index (χ1) is 32.0. The second kappa shape index (κ2) is 54.2. The lowest BCUT2D eigenvalue weighted by Crippen LogP contribution is -2.30. The van der Waals surface area contributed by atoms with Crippen LogP contribution in [0.2, 0.25) is 0 Å². The van der Waals surface area contributed by atoms with Crippen LogP contribution in [0.5, 0.6) is 0 Å². The third kappa shape index (κ3) is 52.5. The molecule has 380 valence electrons. The first-order valence-electron chi connectivity index (χ1n) is 28.5. The van der Waals surface area contributed by atoms with Crippen LogP contribution in [0.25, 0.3) is 0 Å². The van der Waals surface area contributed by atoms with E-state index < -0.39 is 6.10 Å². The number of unbranched alkanes of at least 4 members (excludes halogenated alkanes) is 35. The van der Waals surface area contributed by atoms with Crippen molar-refractivity contribution < 1.29 is 28.6 Å². The van der Waals surface area contributed by atoms with E-state index in [9.17, 15) is 14.4 Å². The smallest absolute Gasteiger partial charge is 0.306 e. The molecule has 0 aliphatic rings. The molecule has 6 heteroatoms. The summed E-state index contributed by atoms with van der Waals surface area (Å²) in [4.78, 5) is 38.1. The second-order valence-electron chi connectivity index (χ2n) is 19.2. The van der Waals surface area contributed by atoms with Crippen LogP contribution in [0.15, 0.2) is 36.5 Å². The van der Waals surface area contributed by atoms with E-state index in [2.05, 4.69) is 57.2 Å². The van der Waals surface area contributed by atoms with Crippen molar-refractivity contribution in [1.82, 2.24) is 0 Å². The highest BCUT2D eigenvalue weighted by Crippen LogP contribution is 2.15. The van der Waals surface area contributed by atoms with Gasteiger partial charge in [0.25, 0.3) is 0 Å². The van der Waals surface area contributed by atoms with Gasteiger partial charge >= 0.3 is 17.9 Å². The summed E-state index contributed by atoms with van der Waals surface area (Å²) in [7, 11) is 0. The molecule has 0 spiro atoms. The average molecular weight is 914 g/mol. The SMILES string of the molecule is CCCCCC/C=C/CCCCCCCCCC(=O)OC[C@H](COC(=O)CCCCCCCCC/C=C/CCCCCCCC)OC(=O)CCCCCCCCC/C=C/CCCCCC. The van der Waals surface area contributed by atoms with Gasteiger partial charge in [0.05, 0.1) is 0 Å². The van der Waals surface area contributed by atoms with E-state index >= 15 is 0 Å². The fourth-order valence-corrected chi connectivity index (χ4v) is 8.25. The minimum absolute atomic E-state index is 0.0753. The zero-order valence-corrected chi connectivity index (χ0v) is 43.5. The largest absolute Gasteiger partial charge is 0.462 e. The molecule has 65 heavy (non-hydrogen) atoms. The lowest BCUT2D eigenvalue weighted by atomic mass is 10.1. The number of allylic oxidation sites excluding steroid dienone is 6. The van der Waals surface area contributed by atoms with E-state index in [-0.39, 0.29) is 31.1 Å². The molecule has 0 heterocycles. The molecule has 0 aliphatic heterocycles. The Labute approximate surface area is 404 Å². The predicted octanol–water partition coefficient (Wildman–Crippen LogP) is 18.9. The van der Waals surface area contributed by atoms with Gasteiger partial charge in [-0.25, -0.2) is 0 Å². The summed E-state index contributed by atoms with van der Waals surface area (Å²) in [5, 5.41) is 0. The van der Waals surface area contributed by atoms with Gasteiger partial charge in [0, 0.05) is 19.3 Å². The van der Waals surface area contributed by atoms with Gasteiger partial charge in [0.15, 0.2) is 6.10 Å². The minimum atomic E-state index is -0.776. The zero-order valence-electron chi connectivity index (χ0n) is 43.5. The highest BCUT2D eigenvalue weighted by Gasteiger charge is 2.19. The van der Waals surface area contributed by atoms with Gasteiger partial charge < -0.3 is 14.2 Å². The van der Waals surface area contributed by atoms with Crippen molar-refractivity contribution in [3.8, 4) is 0 Å². The molecule has 0 amide bonds. The Hall–Kier alpha value is -2.37. The molecule has 1 atom stereocenters. The van der Waals surface area contributed by atoms with Gasteiger partial charge in [-0.05, 0) is 96.3 Å². The van der Waals surface area contributed by atoms with Crippen LogP contribution in [0.3, 0.4) is 0 Å². The third-order valence-corrected chi connectivity index (χ3v) is 12.6. The van der Waals surface area contributed by atoms with Gasteiger partial charge in [0.1, 0.15) is 13.2 Å². The van der Waals surface area contributed by atoms with Crippen molar-refractivity contribution in [2.24, 2.45) is 0 Å². The van der Waals surface area contributed by atoms with Crippen LogP contribution in [0, 0.1) is 0 Å². The topological polar surface area (TPSA) is 78.9 Å². The summed E-state index contributed by atoms with van der Waals surface area (Å²) in [5.41, 5.74) is 0. The molecule has 0 aromatic heterocycles. The summed E-state index contributed by atoms with van der Waals surface area (Å²) in [5.74, 6) is -0.874. The van der Waals surface area contributed by atoms with E-state index in [1.54, 1.807) is 0 Å². The Balaban J connectivity index is 4.36. The Morgan fingerprint density at radius 2 is 0.508 bits per heavy atom. The third-order valence-electron chi connectivity index (χ3n) is 12.6. The van der Waals surface area contributed by atoms with Crippen LogP contribution in [-0.2, 0) is 28.6 Å². The Morgan fingerprint density at radius 3 is 0.785 bits per heavy atom. The summed E-state index contributed by atoms with van der Waals surface area (Å²) < 4.78 is 16.9. The molecular formula is C59H108O6. The molecule has 0 saturated heterocycles. The van der Waals surface area contributed by atoms with Crippen molar-refractivity contribution in [2.75, 3.05) is 13.2 Å². The first-order valence-corrected chi connectivity index (χ1v) is 28.5. The quantitative estimate of drug-likeness (QED) is 0.0262. The van der Waals surface area contributed by atoms with Gasteiger partial charge in [-0.1, -0.05) is 224 Å². The number of hydrogen-bond donors (Lipinski definition) is 0. The van der Waals surface area contributed by atoms with Crippen molar-refractivity contribution in [3.63, 3.8) is 0 Å². The summed E-state index contributed by atoms with van der Waals surface area (Å²) in [6.07, 6.45) is 64.1. The average Bonchev–Trinajstić information content (AvgIpc) is 3.30. The molecule has 0 aromatic rings. The van der Waals surface area contributed by atoms with E-state index in [0.717, 1.165) is 57.8 Å². The van der Waals surface area contributed by atoms with Crippen molar-refractivity contribution in [2.45, 2.75) is 309 Å². The number of carbonyl (C=O) groups is 3. The van der Waals surface area contributed by atoms with Crippen molar-refractivity contribution in [1.29, 1.82) is 0 Å². The first kappa shape index (κ1) is 62.6. The number of carbonyl (C=O) groups excluding carboxylic acids is 3. The van der Waals surface area contributed by atoms with Gasteiger partial charge in [-0.3, -0.25) is 14.4 Å². The number of rotatable bonds is 52. The molecule has 0 N–H and O–H groups in total. The summed E-state index contributed by atoms with van der Waals surface area (Å²) >= 11 is 0. The van der Waals surface area contributed by atoms with Crippen molar-refractivity contribution in [3.05, 3.63) is 36.5 Å². The highest BCUT2D eigenvalue weighted by atomic mass is 16.6. The minimum Gasteiger partial charge on any atom is -0.462 e. The van der Waals surface area contributed by atoms with Gasteiger partial charge in [-0.2, -0.15) is 0 Å². The van der Waals surface area contributed by atoms with Crippen molar-refractivity contribution >= 4 is 17.9 Å². The lowest BCUT2D eigenvalue weighted by Gasteiger charge is -2.18. The monoisotopic (exact) mass is 913 g/mol. The number of hydrogen-bond acceptors (Lipinski definition) is 6. The molecule has 0 saturated carbocycles. The molecule has 0 bridgehead atoms. The molecule has 0 unspecified atom stereocenters. The summed E-state index contributed by atoms with van der Waals surface area (Å²) in [6, 6.07) is 0. The number of ether oxygens (including phenoxy) is 3. The molecule has 0 rings (SSSR count). The van der Waals surface area contributed by atoms with Gasteiger partial charge in [-0.15, -0.1) is 0 Å². The molecule has 6 nitrogen and oxygen atoms in total. The molecule has 0 radical (unpaired) electrons. The molecule has 0 aliphatic carbocycles. The highest BCUT2D eigenvalue weighted by molar-refractivity contribution is 5.71. The fourth-order valence-electron chi connectivity index (χ4n) is 8.25. The van der Waals surface area contributed by atoms with Crippen LogP contribution < -0.4 is 0 Å². The second-order valence-corrected chi connectivity index (χ2v) is 19.2. The van der Waals surface area contributed by atoms with E-state index in [0.29, 0.717) is 19.3 Å². The maximum atomic E-state index is 12.8. The Morgan fingerprint density at radius 1 is 0.292 bits per heavy atom. The standard InChI is InChI=1S/C59H108O6/c1-4-7-10-13-16-19-22-25-28-29-32-34-37-40-43-46-49-52-58(61)64-55-56(65-59(62)53-50-47-44-41-38-35-31-27-24-21-18-15-12-9-6-3)54-63-57(60)51-48-45-42-39-36-33-30-26-23-20-17-14-11-8-5-2/h20-21,23-25,28,56H,4-19,22,26-27,29-55H2,1-3H3/b23-20+,24-21+,28-25+/t56-/m1/s1. The van der Waals surface area contributed by atoms with Crippen LogP contribution in [0.4, 0.5) is 0 Å². The van der Waals surface area contributed by atoms with Crippen LogP contribution in [-0.4, -0.2) is 37.2 Å². The molecule has 0 aromatic carbocycles. The van der Waals surface area contributed by atoms with E-state index in [4.69, 9.17) is 14.2 Å². The predicted molar refractivity (Wildman–Crippen MR) is 279 cm³/mol. The molecular weight excluding hydrogens is 805 g/mol. The lowest BCUT2D eigenvalue weighted by molar-refractivity contribution is -0.167. The fraction of sp³-hybridized carbons (Fsp3) is 0.847.